The number of hydrogen-bond acceptors (Lipinski definition) is 5. The molecule has 0 spiro atoms. The maximum atomic E-state index is 12.6. The lowest BCUT2D eigenvalue weighted by atomic mass is 9.94. The number of nitrogens with zero attached hydrogens (tertiary/aromatic N) is 5. The minimum atomic E-state index is -0.550. The molecule has 2 N–H and O–H groups in total. The van der Waals surface area contributed by atoms with Crippen molar-refractivity contribution in [3.05, 3.63) is 53.9 Å². The molecule has 2 atom stereocenters. The molecule has 0 bridgehead atoms. The predicted octanol–water partition coefficient (Wildman–Crippen LogP) is 2.59. The topological polar surface area (TPSA) is 98.2 Å². The number of hydrogen-bond donors (Lipinski definition) is 2. The SMILES string of the molecule is CN1C[C@H](C=CC(O)Cc2ccccc2)N(CCCC2(CCc3nnn[nH]3)CC2)C1=O. The largest absolute Gasteiger partial charge is 0.389 e. The number of aryl methyl sites for hydroxylation is 1. The van der Waals surface area contributed by atoms with Gasteiger partial charge in [0, 0.05) is 33.0 Å². The molecular weight excluding hydrogens is 392 g/mol. The second-order valence-electron chi connectivity index (χ2n) is 9.02. The first-order chi connectivity index (χ1) is 15.0. The number of likely N-dealkylation sites (N-methyl/N-ethyl adjacent to an activating group) is 1. The summed E-state index contributed by atoms with van der Waals surface area (Å²) in [4.78, 5) is 16.3. The van der Waals surface area contributed by atoms with Crippen molar-refractivity contribution < 1.29 is 9.90 Å². The van der Waals surface area contributed by atoms with E-state index in [0.717, 1.165) is 43.6 Å². The average molecular weight is 425 g/mol. The fourth-order valence-electron chi connectivity index (χ4n) is 4.52. The minimum Gasteiger partial charge on any atom is -0.389 e. The Bertz CT molecular complexity index is 865. The number of H-pyrrole nitrogens is 1. The Labute approximate surface area is 183 Å². The minimum absolute atomic E-state index is 0.0124. The zero-order valence-electron chi connectivity index (χ0n) is 18.2. The van der Waals surface area contributed by atoms with Crippen molar-refractivity contribution in [1.82, 2.24) is 30.4 Å². The third-order valence-corrected chi connectivity index (χ3v) is 6.62. The van der Waals surface area contributed by atoms with Crippen LogP contribution in [0.15, 0.2) is 42.5 Å². The Morgan fingerprint density at radius 1 is 1.29 bits per heavy atom. The van der Waals surface area contributed by atoms with Crippen LogP contribution in [-0.4, -0.2) is 73.8 Å². The number of urea groups is 1. The van der Waals surface area contributed by atoms with Crippen LogP contribution < -0.4 is 0 Å². The molecule has 2 amide bonds. The summed E-state index contributed by atoms with van der Waals surface area (Å²) in [7, 11) is 1.84. The molecule has 2 heterocycles. The van der Waals surface area contributed by atoms with Gasteiger partial charge in [0.1, 0.15) is 5.82 Å². The number of amides is 2. The highest BCUT2D eigenvalue weighted by molar-refractivity contribution is 5.77. The lowest BCUT2D eigenvalue weighted by Gasteiger charge is -2.23. The number of rotatable bonds is 11. The van der Waals surface area contributed by atoms with Crippen molar-refractivity contribution in [3.8, 4) is 0 Å². The Hall–Kier alpha value is -2.74. The molecule has 4 rings (SSSR count). The maximum absolute atomic E-state index is 12.6. The van der Waals surface area contributed by atoms with Gasteiger partial charge in [0.25, 0.3) is 0 Å². The Morgan fingerprint density at radius 2 is 2.10 bits per heavy atom. The first kappa shape index (κ1) is 21.5. The number of benzene rings is 1. The van der Waals surface area contributed by atoms with E-state index in [0.29, 0.717) is 18.4 Å². The van der Waals surface area contributed by atoms with E-state index in [1.54, 1.807) is 4.90 Å². The second-order valence-corrected chi connectivity index (χ2v) is 9.02. The van der Waals surface area contributed by atoms with Crippen LogP contribution in [-0.2, 0) is 12.8 Å². The number of aromatic nitrogens is 4. The molecule has 1 aromatic heterocycles. The summed E-state index contributed by atoms with van der Waals surface area (Å²) in [6.45, 7) is 1.41. The monoisotopic (exact) mass is 424 g/mol. The number of tetrazole rings is 1. The van der Waals surface area contributed by atoms with Crippen LogP contribution in [0.3, 0.4) is 0 Å². The van der Waals surface area contributed by atoms with Crippen LogP contribution in [0.5, 0.6) is 0 Å². The summed E-state index contributed by atoms with van der Waals surface area (Å²) < 4.78 is 0. The molecule has 31 heavy (non-hydrogen) atoms. The van der Waals surface area contributed by atoms with Gasteiger partial charge in [-0.05, 0) is 53.5 Å². The molecule has 2 aromatic rings. The van der Waals surface area contributed by atoms with Crippen LogP contribution in [0, 0.1) is 5.41 Å². The van der Waals surface area contributed by atoms with Gasteiger partial charge in [0.05, 0.1) is 12.1 Å². The first-order valence-electron chi connectivity index (χ1n) is 11.2. The van der Waals surface area contributed by atoms with Crippen molar-refractivity contribution in [2.45, 2.75) is 57.1 Å². The van der Waals surface area contributed by atoms with Gasteiger partial charge < -0.3 is 14.9 Å². The van der Waals surface area contributed by atoms with Crippen molar-refractivity contribution in [3.63, 3.8) is 0 Å². The normalized spacial score (nSPS) is 21.2. The molecule has 8 heteroatoms. The maximum Gasteiger partial charge on any atom is 0.320 e. The molecular formula is C23H32N6O2. The van der Waals surface area contributed by atoms with Gasteiger partial charge >= 0.3 is 6.03 Å². The highest BCUT2D eigenvalue weighted by atomic mass is 16.3. The molecule has 1 unspecified atom stereocenters. The standard InChI is InChI=1S/C23H32N6O2/c1-28-17-19(8-9-20(30)16-18-6-3-2-4-7-18)29(22(28)31)15-5-11-23(13-14-23)12-10-21-24-26-27-25-21/h2-4,6-9,19-20,30H,5,10-17H2,1H3,(H,24,25,26,27)/t19-,20?/m0/s1. The summed E-state index contributed by atoms with van der Waals surface area (Å²) >= 11 is 0. The smallest absolute Gasteiger partial charge is 0.320 e. The van der Waals surface area contributed by atoms with Crippen molar-refractivity contribution in [2.75, 3.05) is 20.1 Å². The molecule has 0 radical (unpaired) electrons. The van der Waals surface area contributed by atoms with E-state index in [1.165, 1.54) is 12.8 Å². The molecule has 1 saturated heterocycles. The third-order valence-electron chi connectivity index (χ3n) is 6.62. The molecule has 1 aromatic carbocycles. The van der Waals surface area contributed by atoms with Gasteiger partial charge in [-0.15, -0.1) is 5.10 Å². The molecule has 2 fully saturated rings. The molecule has 166 valence electrons. The average Bonchev–Trinajstić information content (AvgIpc) is 3.22. The summed E-state index contributed by atoms with van der Waals surface area (Å²) in [6, 6.07) is 10.1. The van der Waals surface area contributed by atoms with E-state index in [4.69, 9.17) is 0 Å². The van der Waals surface area contributed by atoms with Crippen LogP contribution in [0.25, 0.3) is 0 Å². The number of aliphatic hydroxyl groups excluding tert-OH is 1. The van der Waals surface area contributed by atoms with Gasteiger partial charge in [0.2, 0.25) is 0 Å². The van der Waals surface area contributed by atoms with Crippen molar-refractivity contribution in [2.24, 2.45) is 5.41 Å². The number of nitrogens with one attached hydrogen (secondary N) is 1. The summed E-state index contributed by atoms with van der Waals surface area (Å²) in [5.41, 5.74) is 1.49. The summed E-state index contributed by atoms with van der Waals surface area (Å²) in [5, 5.41) is 24.5. The second kappa shape index (κ2) is 9.60. The zero-order chi connectivity index (χ0) is 21.7. The number of carbonyl (C=O) groups is 1. The van der Waals surface area contributed by atoms with Crippen LogP contribution in [0.1, 0.15) is 43.5 Å². The highest BCUT2D eigenvalue weighted by Crippen LogP contribution is 2.53. The lowest BCUT2D eigenvalue weighted by Crippen LogP contribution is -2.34. The van der Waals surface area contributed by atoms with E-state index in [-0.39, 0.29) is 12.1 Å². The van der Waals surface area contributed by atoms with E-state index in [2.05, 4.69) is 20.6 Å². The third kappa shape index (κ3) is 5.70. The van der Waals surface area contributed by atoms with Gasteiger partial charge in [-0.25, -0.2) is 9.89 Å². The fraction of sp³-hybridized carbons (Fsp3) is 0.565. The van der Waals surface area contributed by atoms with E-state index in [9.17, 15) is 9.90 Å². The van der Waals surface area contributed by atoms with Crippen molar-refractivity contribution >= 4 is 6.03 Å². The molecule has 1 aliphatic carbocycles. The fourth-order valence-corrected chi connectivity index (χ4v) is 4.52. The molecule has 2 aliphatic rings. The molecule has 8 nitrogen and oxygen atoms in total. The molecule has 1 aliphatic heterocycles. The Kier molecular flexibility index (Phi) is 6.65. The van der Waals surface area contributed by atoms with Gasteiger partial charge in [-0.1, -0.05) is 42.5 Å². The Balaban J connectivity index is 1.26. The number of aliphatic hydroxyl groups is 1. The first-order valence-corrected chi connectivity index (χ1v) is 11.2. The lowest BCUT2D eigenvalue weighted by molar-refractivity contribution is 0.191. The van der Waals surface area contributed by atoms with Gasteiger partial charge in [0.15, 0.2) is 0 Å². The Morgan fingerprint density at radius 3 is 2.81 bits per heavy atom. The van der Waals surface area contributed by atoms with E-state index < -0.39 is 6.10 Å². The zero-order valence-corrected chi connectivity index (χ0v) is 18.2. The number of aromatic amines is 1. The van der Waals surface area contributed by atoms with E-state index in [1.807, 2.05) is 54.4 Å². The van der Waals surface area contributed by atoms with Crippen LogP contribution in [0.2, 0.25) is 0 Å². The highest BCUT2D eigenvalue weighted by Gasteiger charge is 2.42. The van der Waals surface area contributed by atoms with Crippen molar-refractivity contribution in [1.29, 1.82) is 0 Å². The molecule has 1 saturated carbocycles. The predicted molar refractivity (Wildman–Crippen MR) is 117 cm³/mol. The summed E-state index contributed by atoms with van der Waals surface area (Å²) in [6.07, 6.45) is 10.4. The van der Waals surface area contributed by atoms with E-state index >= 15 is 0 Å². The quantitative estimate of drug-likeness (QED) is 0.540. The van der Waals surface area contributed by atoms with Gasteiger partial charge in [-0.2, -0.15) is 0 Å². The van der Waals surface area contributed by atoms with Crippen LogP contribution in [0.4, 0.5) is 4.79 Å². The van der Waals surface area contributed by atoms with Gasteiger partial charge in [-0.3, -0.25) is 0 Å². The summed E-state index contributed by atoms with van der Waals surface area (Å²) in [5.74, 6) is 0.849. The number of carbonyl (C=O) groups excluding carboxylic acids is 1. The van der Waals surface area contributed by atoms with Crippen LogP contribution >= 0.6 is 0 Å².